The quantitative estimate of drug-likeness (QED) is 0.126. The fourth-order valence-electron chi connectivity index (χ4n) is 6.45. The van der Waals surface area contributed by atoms with Crippen LogP contribution in [-0.4, -0.2) is 58.3 Å². The van der Waals surface area contributed by atoms with Gasteiger partial charge in [-0.1, -0.05) is 139 Å². The lowest BCUT2D eigenvalue weighted by Crippen LogP contribution is -2.55. The molecule has 0 aliphatic carbocycles. The molecular formula is C39H68O9P2. The molecule has 0 aliphatic rings. The summed E-state index contributed by atoms with van der Waals surface area (Å²) in [4.78, 5) is 31.3. The molecule has 0 saturated carbocycles. The van der Waals surface area contributed by atoms with Crippen molar-refractivity contribution >= 4 is 17.2 Å². The summed E-state index contributed by atoms with van der Waals surface area (Å²) in [5, 5.41) is 49.5. The molecule has 2 rings (SSSR count). The van der Waals surface area contributed by atoms with Crippen molar-refractivity contribution in [2.45, 2.75) is 170 Å². The van der Waals surface area contributed by atoms with Gasteiger partial charge in [-0.25, -0.2) is 4.31 Å². The molecule has 0 aromatic heterocycles. The number of rotatable bonds is 8. The summed E-state index contributed by atoms with van der Waals surface area (Å²) in [5.74, 6) is 0. The van der Waals surface area contributed by atoms with E-state index in [0.717, 1.165) is 33.4 Å². The maximum absolute atomic E-state index is 13.8. The highest BCUT2D eigenvalue weighted by atomic mass is 31.2. The summed E-state index contributed by atoms with van der Waals surface area (Å²) < 4.78 is 3.60. The molecule has 0 amide bonds. The lowest BCUT2D eigenvalue weighted by atomic mass is 9.61. The molecule has 1 unspecified atom stereocenters. The third kappa shape index (κ3) is 12.2. The second-order valence-electron chi connectivity index (χ2n) is 19.1. The first-order valence-electron chi connectivity index (χ1n) is 17.2. The number of aliphatic hydroxyl groups excluding tert-OH is 3. The molecule has 8 N–H and O–H groups in total. The fourth-order valence-corrected chi connectivity index (χ4v) is 6.97. The maximum Gasteiger partial charge on any atom is 0.334 e. The van der Waals surface area contributed by atoms with Gasteiger partial charge in [-0.3, -0.25) is 0 Å². The molecule has 2 aromatic carbocycles. The van der Waals surface area contributed by atoms with Crippen molar-refractivity contribution in [1.29, 1.82) is 0 Å². The SMILES string of the molecule is Cc1cc(C(C)(C)C)c(C(O)(c2c(C(C)(C)C)cc(C)cc2C(C)(C)C)[C@@H](O)[C@@H](O)C(O)CC(C)(C)C)c(C(C)(C)C)c1.OP(O)OP(O)O. The Labute approximate surface area is 304 Å². The predicted molar refractivity (Wildman–Crippen MR) is 206 cm³/mol. The van der Waals surface area contributed by atoms with Crippen LogP contribution in [0.5, 0.6) is 0 Å². The summed E-state index contributed by atoms with van der Waals surface area (Å²) in [7, 11) is -5.22. The Balaban J connectivity index is 0.00000161. The highest BCUT2D eigenvalue weighted by molar-refractivity contribution is 7.53. The molecule has 0 fully saturated rings. The number of aryl methyl sites for hydroxylation is 2. The first kappa shape index (κ1) is 47.0. The van der Waals surface area contributed by atoms with Gasteiger partial charge >= 0.3 is 17.2 Å². The molecule has 0 aliphatic heterocycles. The van der Waals surface area contributed by atoms with Gasteiger partial charge < -0.3 is 40.0 Å². The Kier molecular flexibility index (Phi) is 15.5. The second kappa shape index (κ2) is 16.5. The van der Waals surface area contributed by atoms with E-state index in [2.05, 4.69) is 126 Å². The first-order chi connectivity index (χ1) is 22.1. The molecule has 2 aromatic rings. The fraction of sp³-hybridized carbons (Fsp3) is 0.692. The number of hydrogen-bond donors (Lipinski definition) is 8. The Morgan fingerprint density at radius 1 is 0.540 bits per heavy atom. The molecule has 0 spiro atoms. The Hall–Kier alpha value is -1.06. The molecule has 0 heterocycles. The zero-order valence-corrected chi connectivity index (χ0v) is 35.4. The van der Waals surface area contributed by atoms with Crippen LogP contribution >= 0.6 is 17.2 Å². The highest BCUT2D eigenvalue weighted by Crippen LogP contribution is 2.51. The minimum Gasteiger partial charge on any atom is -0.390 e. The van der Waals surface area contributed by atoms with Crippen LogP contribution in [0.25, 0.3) is 0 Å². The van der Waals surface area contributed by atoms with Crippen molar-refractivity contribution in [2.24, 2.45) is 5.41 Å². The van der Waals surface area contributed by atoms with Crippen molar-refractivity contribution in [1.82, 2.24) is 0 Å². The van der Waals surface area contributed by atoms with Crippen LogP contribution in [-0.2, 0) is 31.6 Å². The van der Waals surface area contributed by atoms with Crippen LogP contribution in [0.1, 0.15) is 155 Å². The van der Waals surface area contributed by atoms with E-state index in [0.29, 0.717) is 11.1 Å². The van der Waals surface area contributed by atoms with Crippen LogP contribution in [0, 0.1) is 19.3 Å². The van der Waals surface area contributed by atoms with Crippen molar-refractivity contribution in [2.75, 3.05) is 0 Å². The van der Waals surface area contributed by atoms with Gasteiger partial charge in [-0.2, -0.15) is 0 Å². The van der Waals surface area contributed by atoms with Crippen molar-refractivity contribution in [3.63, 3.8) is 0 Å². The van der Waals surface area contributed by atoms with Crippen LogP contribution in [0.3, 0.4) is 0 Å². The molecule has 11 heteroatoms. The van der Waals surface area contributed by atoms with Gasteiger partial charge in [0.25, 0.3) is 0 Å². The normalized spacial score (nSPS) is 15.6. The Morgan fingerprint density at radius 2 is 0.800 bits per heavy atom. The summed E-state index contributed by atoms with van der Waals surface area (Å²) in [6, 6.07) is 8.45. The standard InChI is InChI=1S/C39H64O4.H4O5P2/c1-23-18-25(35(6,7)8)30(26(19-23)36(9,10)11)39(43,33(42)32(41)29(40)22-34(3,4)5)31-27(37(12,13)14)20-24(2)21-28(31)38(15,16)17;1-6(2)5-7(3)4/h18-21,29,32-33,40-43H,22H2,1-17H3;1-4H/t29?,32-,33-;/m0./s1. The summed E-state index contributed by atoms with van der Waals surface area (Å²) >= 11 is 0. The minimum atomic E-state index is -2.61. The number of aliphatic hydroxyl groups is 4. The van der Waals surface area contributed by atoms with E-state index in [1.54, 1.807) is 0 Å². The van der Waals surface area contributed by atoms with E-state index in [1.807, 2.05) is 20.8 Å². The van der Waals surface area contributed by atoms with E-state index >= 15 is 0 Å². The minimum absolute atomic E-state index is 0.264. The second-order valence-corrected chi connectivity index (χ2v) is 20.8. The van der Waals surface area contributed by atoms with Gasteiger partial charge in [-0.15, -0.1) is 0 Å². The smallest absolute Gasteiger partial charge is 0.334 e. The molecule has 0 radical (unpaired) electrons. The number of hydrogen-bond acceptors (Lipinski definition) is 9. The van der Waals surface area contributed by atoms with Gasteiger partial charge in [0, 0.05) is 0 Å². The van der Waals surface area contributed by atoms with Crippen LogP contribution < -0.4 is 0 Å². The van der Waals surface area contributed by atoms with E-state index < -0.39 is 62.8 Å². The molecule has 288 valence electrons. The highest BCUT2D eigenvalue weighted by Gasteiger charge is 2.53. The summed E-state index contributed by atoms with van der Waals surface area (Å²) in [5.41, 5.74) is 3.05. The first-order valence-corrected chi connectivity index (χ1v) is 19.5. The van der Waals surface area contributed by atoms with Crippen LogP contribution in [0.4, 0.5) is 0 Å². The van der Waals surface area contributed by atoms with Crippen molar-refractivity contribution in [3.05, 3.63) is 68.8 Å². The Bertz CT molecular complexity index is 1260. The molecule has 0 saturated heterocycles. The van der Waals surface area contributed by atoms with Gasteiger partial charge in [0.15, 0.2) is 0 Å². The van der Waals surface area contributed by atoms with Crippen molar-refractivity contribution < 1.29 is 44.3 Å². The van der Waals surface area contributed by atoms with Gasteiger partial charge in [0.1, 0.15) is 17.8 Å². The Morgan fingerprint density at radius 3 is 0.980 bits per heavy atom. The van der Waals surface area contributed by atoms with Gasteiger partial charge in [0.2, 0.25) is 0 Å². The average Bonchev–Trinajstić information content (AvgIpc) is 2.87. The molecule has 0 bridgehead atoms. The average molecular weight is 743 g/mol. The van der Waals surface area contributed by atoms with Gasteiger partial charge in [-0.05, 0) is 80.7 Å². The lowest BCUT2D eigenvalue weighted by molar-refractivity contribution is -0.146. The van der Waals surface area contributed by atoms with Gasteiger partial charge in [0.05, 0.1) is 6.10 Å². The van der Waals surface area contributed by atoms with E-state index in [-0.39, 0.29) is 11.8 Å². The van der Waals surface area contributed by atoms with Crippen LogP contribution in [0.2, 0.25) is 0 Å². The van der Waals surface area contributed by atoms with E-state index in [9.17, 15) is 20.4 Å². The van der Waals surface area contributed by atoms with Crippen LogP contribution in [0.15, 0.2) is 24.3 Å². The van der Waals surface area contributed by atoms with E-state index in [1.165, 1.54) is 0 Å². The third-order valence-electron chi connectivity index (χ3n) is 8.67. The third-order valence-corrected chi connectivity index (χ3v) is 9.84. The zero-order chi connectivity index (χ0) is 39.7. The lowest BCUT2D eigenvalue weighted by Gasteiger charge is -2.47. The monoisotopic (exact) mass is 742 g/mol. The molecule has 50 heavy (non-hydrogen) atoms. The zero-order valence-electron chi connectivity index (χ0n) is 33.6. The predicted octanol–water partition coefficient (Wildman–Crippen LogP) is 7.67. The van der Waals surface area contributed by atoms with Crippen molar-refractivity contribution in [3.8, 4) is 0 Å². The largest absolute Gasteiger partial charge is 0.390 e. The molecule has 3 atom stereocenters. The number of benzene rings is 2. The molecular weight excluding hydrogens is 674 g/mol. The molecule has 9 nitrogen and oxygen atoms in total. The topological polar surface area (TPSA) is 171 Å². The van der Waals surface area contributed by atoms with E-state index in [4.69, 9.17) is 19.6 Å². The maximum atomic E-state index is 13.8. The summed E-state index contributed by atoms with van der Waals surface area (Å²) in [6.07, 6.45) is -4.31. The summed E-state index contributed by atoms with van der Waals surface area (Å²) in [6.45, 7) is 35.6.